The Morgan fingerprint density at radius 1 is 1.08 bits per heavy atom. The van der Waals surface area contributed by atoms with Gasteiger partial charge in [-0.2, -0.15) is 0 Å². The van der Waals surface area contributed by atoms with Crippen LogP contribution in [-0.4, -0.2) is 38.1 Å². The number of carbonyl (C=O) groups is 2. The van der Waals surface area contributed by atoms with Crippen molar-refractivity contribution in [1.29, 1.82) is 0 Å². The second kappa shape index (κ2) is 7.36. The number of nitrogens with two attached hydrogens (primary N) is 1. The van der Waals surface area contributed by atoms with Crippen molar-refractivity contribution in [2.75, 3.05) is 36.5 Å². The molecule has 3 N–H and O–H groups in total. The summed E-state index contributed by atoms with van der Waals surface area (Å²) in [5.41, 5.74) is 8.63. The van der Waals surface area contributed by atoms with Gasteiger partial charge in [0.1, 0.15) is 0 Å². The number of amides is 2. The fourth-order valence-corrected chi connectivity index (χ4v) is 2.88. The fraction of sp³-hybridized carbons (Fsp3) is 0.263. The summed E-state index contributed by atoms with van der Waals surface area (Å²) in [4.78, 5) is 26.1. The van der Waals surface area contributed by atoms with Crippen LogP contribution >= 0.6 is 0 Å². The third kappa shape index (κ3) is 3.80. The molecule has 25 heavy (non-hydrogen) atoms. The number of hydrogen-bond acceptors (Lipinski definition) is 4. The maximum absolute atomic E-state index is 12.5. The molecule has 2 amide bonds. The highest BCUT2D eigenvalue weighted by atomic mass is 16.5. The van der Waals surface area contributed by atoms with Crippen molar-refractivity contribution in [1.82, 2.24) is 0 Å². The van der Waals surface area contributed by atoms with Crippen LogP contribution in [0, 0.1) is 6.92 Å². The largest absolute Gasteiger partial charge is 0.378 e. The highest BCUT2D eigenvalue weighted by Gasteiger charge is 2.14. The number of morpholine rings is 1. The number of benzene rings is 2. The number of nitrogens with zero attached hydrogens (tertiary/aromatic N) is 1. The molecule has 6 heteroatoms. The molecule has 3 rings (SSSR count). The van der Waals surface area contributed by atoms with Crippen LogP contribution in [0.25, 0.3) is 0 Å². The van der Waals surface area contributed by atoms with E-state index in [4.69, 9.17) is 10.5 Å². The number of rotatable bonds is 4. The maximum Gasteiger partial charge on any atom is 0.255 e. The highest BCUT2D eigenvalue weighted by Crippen LogP contribution is 2.21. The Morgan fingerprint density at radius 2 is 1.76 bits per heavy atom. The first-order chi connectivity index (χ1) is 12.1. The lowest BCUT2D eigenvalue weighted by molar-refractivity contribution is 0.0995. The molecule has 0 saturated carbocycles. The Morgan fingerprint density at radius 3 is 2.40 bits per heavy atom. The summed E-state index contributed by atoms with van der Waals surface area (Å²) in [7, 11) is 0. The molecular formula is C19H21N3O3. The van der Waals surface area contributed by atoms with Crippen molar-refractivity contribution in [2.24, 2.45) is 5.73 Å². The minimum Gasteiger partial charge on any atom is -0.378 e. The van der Waals surface area contributed by atoms with E-state index in [2.05, 4.69) is 10.2 Å². The van der Waals surface area contributed by atoms with Gasteiger partial charge in [-0.15, -0.1) is 0 Å². The van der Waals surface area contributed by atoms with Crippen LogP contribution in [0.15, 0.2) is 42.5 Å². The molecule has 1 aliphatic rings. The van der Waals surface area contributed by atoms with Gasteiger partial charge in [0, 0.05) is 35.6 Å². The van der Waals surface area contributed by atoms with Crippen molar-refractivity contribution in [3.8, 4) is 0 Å². The zero-order valence-electron chi connectivity index (χ0n) is 14.1. The zero-order valence-corrected chi connectivity index (χ0v) is 14.1. The lowest BCUT2D eigenvalue weighted by Crippen LogP contribution is -2.36. The van der Waals surface area contributed by atoms with Gasteiger partial charge in [-0.25, -0.2) is 0 Å². The number of nitrogens with one attached hydrogen (secondary N) is 1. The second-order valence-corrected chi connectivity index (χ2v) is 5.94. The average molecular weight is 339 g/mol. The molecule has 0 aromatic heterocycles. The first-order valence-electron chi connectivity index (χ1n) is 8.20. The Kier molecular flexibility index (Phi) is 5.00. The molecule has 0 aliphatic carbocycles. The summed E-state index contributed by atoms with van der Waals surface area (Å²) in [5.74, 6) is -0.735. The second-order valence-electron chi connectivity index (χ2n) is 5.94. The van der Waals surface area contributed by atoms with Crippen molar-refractivity contribution in [3.63, 3.8) is 0 Å². The standard InChI is InChI=1S/C19H21N3O3/c1-13-16(18(20)23)3-2-4-17(13)21-19(24)14-5-7-15(8-6-14)22-9-11-25-12-10-22/h2-8H,9-12H2,1H3,(H2,20,23)(H,21,24). The van der Waals surface area contributed by atoms with E-state index in [9.17, 15) is 9.59 Å². The molecule has 2 aromatic carbocycles. The number of carbonyl (C=O) groups excluding carboxylic acids is 2. The Bertz CT molecular complexity index is 781. The van der Waals surface area contributed by atoms with E-state index < -0.39 is 5.91 Å². The molecular weight excluding hydrogens is 318 g/mol. The van der Waals surface area contributed by atoms with Crippen LogP contribution in [0.2, 0.25) is 0 Å². The van der Waals surface area contributed by atoms with Crippen LogP contribution in [0.1, 0.15) is 26.3 Å². The quantitative estimate of drug-likeness (QED) is 0.894. The summed E-state index contributed by atoms with van der Waals surface area (Å²) in [6, 6.07) is 12.6. The molecule has 1 heterocycles. The predicted molar refractivity (Wildman–Crippen MR) is 97.1 cm³/mol. The topological polar surface area (TPSA) is 84.7 Å². The van der Waals surface area contributed by atoms with E-state index in [1.54, 1.807) is 37.3 Å². The van der Waals surface area contributed by atoms with Gasteiger partial charge in [-0.1, -0.05) is 6.07 Å². The minimum atomic E-state index is -0.511. The first kappa shape index (κ1) is 17.0. The van der Waals surface area contributed by atoms with Crippen LogP contribution in [0.4, 0.5) is 11.4 Å². The van der Waals surface area contributed by atoms with Crippen molar-refractivity contribution >= 4 is 23.2 Å². The predicted octanol–water partition coefficient (Wildman–Crippen LogP) is 2.18. The van der Waals surface area contributed by atoms with Crippen molar-refractivity contribution in [3.05, 3.63) is 59.2 Å². The van der Waals surface area contributed by atoms with Crippen LogP contribution in [0.5, 0.6) is 0 Å². The monoisotopic (exact) mass is 339 g/mol. The first-order valence-corrected chi connectivity index (χ1v) is 8.20. The molecule has 130 valence electrons. The van der Waals surface area contributed by atoms with E-state index in [-0.39, 0.29) is 5.91 Å². The summed E-state index contributed by atoms with van der Waals surface area (Å²) in [6.07, 6.45) is 0. The smallest absolute Gasteiger partial charge is 0.255 e. The van der Waals surface area contributed by atoms with Gasteiger partial charge in [0.15, 0.2) is 0 Å². The lowest BCUT2D eigenvalue weighted by Gasteiger charge is -2.28. The molecule has 6 nitrogen and oxygen atoms in total. The van der Waals surface area contributed by atoms with Crippen LogP contribution in [-0.2, 0) is 4.74 Å². The van der Waals surface area contributed by atoms with Gasteiger partial charge in [-0.3, -0.25) is 9.59 Å². The van der Waals surface area contributed by atoms with E-state index in [0.29, 0.717) is 22.4 Å². The Hall–Kier alpha value is -2.86. The van der Waals surface area contributed by atoms with Gasteiger partial charge < -0.3 is 20.7 Å². The van der Waals surface area contributed by atoms with Crippen molar-refractivity contribution in [2.45, 2.75) is 6.92 Å². The normalized spacial score (nSPS) is 14.2. The van der Waals surface area contributed by atoms with Crippen molar-refractivity contribution < 1.29 is 14.3 Å². The number of anilines is 2. The number of primary amides is 1. The summed E-state index contributed by atoms with van der Waals surface area (Å²) in [6.45, 7) is 4.90. The summed E-state index contributed by atoms with van der Waals surface area (Å²) in [5, 5.41) is 2.84. The fourth-order valence-electron chi connectivity index (χ4n) is 2.88. The Balaban J connectivity index is 1.73. The Labute approximate surface area is 146 Å². The molecule has 1 aliphatic heterocycles. The van der Waals surface area contributed by atoms with E-state index in [1.165, 1.54) is 0 Å². The molecule has 2 aromatic rings. The molecule has 0 spiro atoms. The third-order valence-electron chi connectivity index (χ3n) is 4.35. The van der Waals surface area contributed by atoms with Gasteiger partial charge in [0.2, 0.25) is 5.91 Å². The zero-order chi connectivity index (χ0) is 17.8. The third-order valence-corrected chi connectivity index (χ3v) is 4.35. The van der Waals surface area contributed by atoms with E-state index in [1.807, 2.05) is 12.1 Å². The van der Waals surface area contributed by atoms with Crippen LogP contribution in [0.3, 0.4) is 0 Å². The van der Waals surface area contributed by atoms with E-state index in [0.717, 1.165) is 32.0 Å². The van der Waals surface area contributed by atoms with Gasteiger partial charge in [-0.05, 0) is 48.9 Å². The van der Waals surface area contributed by atoms with E-state index >= 15 is 0 Å². The number of ether oxygens (including phenoxy) is 1. The SMILES string of the molecule is Cc1c(NC(=O)c2ccc(N3CCOCC3)cc2)cccc1C(N)=O. The maximum atomic E-state index is 12.5. The summed E-state index contributed by atoms with van der Waals surface area (Å²) < 4.78 is 5.35. The minimum absolute atomic E-state index is 0.224. The van der Waals surface area contributed by atoms with Gasteiger partial charge in [0.05, 0.1) is 13.2 Å². The van der Waals surface area contributed by atoms with Gasteiger partial charge in [0.25, 0.3) is 5.91 Å². The highest BCUT2D eigenvalue weighted by molar-refractivity contribution is 6.06. The van der Waals surface area contributed by atoms with Gasteiger partial charge >= 0.3 is 0 Å². The van der Waals surface area contributed by atoms with Crippen LogP contribution < -0.4 is 16.0 Å². The molecule has 0 unspecified atom stereocenters. The molecule has 1 saturated heterocycles. The average Bonchev–Trinajstić information content (AvgIpc) is 2.64. The molecule has 0 bridgehead atoms. The molecule has 1 fully saturated rings. The lowest BCUT2D eigenvalue weighted by atomic mass is 10.1. The number of hydrogen-bond donors (Lipinski definition) is 2. The summed E-state index contributed by atoms with van der Waals surface area (Å²) >= 11 is 0. The molecule has 0 radical (unpaired) electrons. The molecule has 0 atom stereocenters.